The van der Waals surface area contributed by atoms with Gasteiger partial charge in [0.1, 0.15) is 0 Å². The third-order valence-electron chi connectivity index (χ3n) is 4.33. The number of nitrogens with one attached hydrogen (secondary N) is 1. The van der Waals surface area contributed by atoms with E-state index < -0.39 is 6.03 Å². The molecule has 2 aliphatic rings. The van der Waals surface area contributed by atoms with Crippen LogP contribution in [-0.4, -0.2) is 11.7 Å². The van der Waals surface area contributed by atoms with Crippen molar-refractivity contribution in [3.63, 3.8) is 0 Å². The molecule has 0 bridgehead atoms. The smallest absolute Gasteiger partial charge is 0.332 e. The van der Waals surface area contributed by atoms with Gasteiger partial charge < -0.3 is 5.73 Å². The molecule has 0 unspecified atom stereocenters. The highest BCUT2D eigenvalue weighted by Crippen LogP contribution is 2.49. The van der Waals surface area contributed by atoms with Crippen molar-refractivity contribution in [1.82, 2.24) is 5.43 Å². The van der Waals surface area contributed by atoms with Gasteiger partial charge in [-0.15, -0.1) is 0 Å². The average molecular weight is 223 g/mol. The molecule has 4 heteroatoms. The largest absolute Gasteiger partial charge is 0.350 e. The number of urea groups is 1. The number of rotatable bonds is 1. The maximum atomic E-state index is 10.6. The third kappa shape index (κ3) is 2.36. The predicted octanol–water partition coefficient (Wildman–Crippen LogP) is 2.39. The molecular weight excluding hydrogens is 202 g/mol. The molecular formula is C12H21N3O. The van der Waals surface area contributed by atoms with E-state index in [2.05, 4.69) is 17.5 Å². The Labute approximate surface area is 96.7 Å². The lowest BCUT2D eigenvalue weighted by Crippen LogP contribution is -2.38. The molecule has 0 saturated heterocycles. The molecule has 0 radical (unpaired) electrons. The molecule has 2 saturated carbocycles. The second kappa shape index (κ2) is 4.44. The molecule has 0 spiro atoms. The van der Waals surface area contributed by atoms with Gasteiger partial charge in [-0.3, -0.25) is 0 Å². The Morgan fingerprint density at radius 3 is 3.06 bits per heavy atom. The van der Waals surface area contributed by atoms with Crippen LogP contribution in [0.3, 0.4) is 0 Å². The summed E-state index contributed by atoms with van der Waals surface area (Å²) in [6.07, 6.45) is 8.64. The van der Waals surface area contributed by atoms with Gasteiger partial charge in [0.2, 0.25) is 0 Å². The summed E-state index contributed by atoms with van der Waals surface area (Å²) in [5.74, 6) is 0.753. The monoisotopic (exact) mass is 223 g/mol. The van der Waals surface area contributed by atoms with Gasteiger partial charge in [0.05, 0.1) is 0 Å². The van der Waals surface area contributed by atoms with E-state index in [1.807, 2.05) is 0 Å². The van der Waals surface area contributed by atoms with Crippen LogP contribution in [0.1, 0.15) is 51.9 Å². The summed E-state index contributed by atoms with van der Waals surface area (Å²) in [4.78, 5) is 10.6. The number of hydrazone groups is 1. The Kier molecular flexibility index (Phi) is 3.17. The van der Waals surface area contributed by atoms with Crippen molar-refractivity contribution in [2.24, 2.45) is 22.2 Å². The first-order chi connectivity index (χ1) is 7.60. The number of nitrogens with zero attached hydrogens (tertiary/aromatic N) is 1. The van der Waals surface area contributed by atoms with E-state index >= 15 is 0 Å². The standard InChI is InChI=1S/C12H21N3O/c1-12-6-3-2-4-9(12)8-10(5-7-12)14-15-11(13)16/h9H,2-8H2,1H3,(H3,13,15,16)/b14-10-/t9-,12+/m1/s1. The van der Waals surface area contributed by atoms with Crippen molar-refractivity contribution in [3.8, 4) is 0 Å². The lowest BCUT2D eigenvalue weighted by atomic mass is 9.60. The quantitative estimate of drug-likeness (QED) is 0.658. The topological polar surface area (TPSA) is 67.5 Å². The number of hydrogen-bond acceptors (Lipinski definition) is 2. The minimum Gasteiger partial charge on any atom is -0.350 e. The van der Waals surface area contributed by atoms with E-state index in [-0.39, 0.29) is 0 Å². The molecule has 0 heterocycles. The fraction of sp³-hybridized carbons (Fsp3) is 0.833. The van der Waals surface area contributed by atoms with Gasteiger partial charge in [0.15, 0.2) is 0 Å². The highest BCUT2D eigenvalue weighted by atomic mass is 16.2. The number of fused-ring (bicyclic) bond motifs is 1. The molecule has 2 rings (SSSR count). The molecule has 0 aromatic heterocycles. The first kappa shape index (κ1) is 11.4. The Balaban J connectivity index is 1.99. The number of amides is 2. The highest BCUT2D eigenvalue weighted by molar-refractivity contribution is 5.86. The highest BCUT2D eigenvalue weighted by Gasteiger charge is 2.39. The zero-order valence-electron chi connectivity index (χ0n) is 9.96. The number of nitrogens with two attached hydrogens (primary N) is 1. The second-order valence-corrected chi connectivity index (χ2v) is 5.45. The van der Waals surface area contributed by atoms with Crippen LogP contribution in [-0.2, 0) is 0 Å². The molecule has 2 aliphatic carbocycles. The Hall–Kier alpha value is -1.06. The van der Waals surface area contributed by atoms with Crippen molar-refractivity contribution in [2.75, 3.05) is 0 Å². The summed E-state index contributed by atoms with van der Waals surface area (Å²) >= 11 is 0. The van der Waals surface area contributed by atoms with Crippen LogP contribution in [0.4, 0.5) is 4.79 Å². The van der Waals surface area contributed by atoms with E-state index in [1.54, 1.807) is 0 Å². The first-order valence-corrected chi connectivity index (χ1v) is 6.21. The Morgan fingerprint density at radius 1 is 1.50 bits per heavy atom. The second-order valence-electron chi connectivity index (χ2n) is 5.45. The fourth-order valence-electron chi connectivity index (χ4n) is 3.20. The van der Waals surface area contributed by atoms with E-state index in [0.29, 0.717) is 5.41 Å². The van der Waals surface area contributed by atoms with Crippen molar-refractivity contribution < 1.29 is 4.79 Å². The maximum absolute atomic E-state index is 10.6. The molecule has 90 valence electrons. The zero-order valence-corrected chi connectivity index (χ0v) is 9.96. The van der Waals surface area contributed by atoms with Crippen LogP contribution in [0, 0.1) is 11.3 Å². The third-order valence-corrected chi connectivity index (χ3v) is 4.33. The van der Waals surface area contributed by atoms with Crippen LogP contribution >= 0.6 is 0 Å². The maximum Gasteiger partial charge on any atom is 0.332 e. The minimum atomic E-state index is -0.565. The van der Waals surface area contributed by atoms with Crippen LogP contribution in [0.5, 0.6) is 0 Å². The van der Waals surface area contributed by atoms with E-state index in [9.17, 15) is 4.79 Å². The molecule has 4 nitrogen and oxygen atoms in total. The first-order valence-electron chi connectivity index (χ1n) is 6.21. The lowest BCUT2D eigenvalue weighted by Gasteiger charge is -2.45. The van der Waals surface area contributed by atoms with Crippen LogP contribution in [0.2, 0.25) is 0 Å². The molecule has 0 aromatic rings. The van der Waals surface area contributed by atoms with Gasteiger partial charge in [0, 0.05) is 5.71 Å². The van der Waals surface area contributed by atoms with Gasteiger partial charge in [0.25, 0.3) is 0 Å². The van der Waals surface area contributed by atoms with Crippen molar-refractivity contribution in [1.29, 1.82) is 0 Å². The lowest BCUT2D eigenvalue weighted by molar-refractivity contribution is 0.0992. The molecule has 2 fully saturated rings. The summed E-state index contributed by atoms with van der Waals surface area (Å²) in [6, 6.07) is -0.565. The predicted molar refractivity (Wildman–Crippen MR) is 64.1 cm³/mol. The fourth-order valence-corrected chi connectivity index (χ4v) is 3.20. The van der Waals surface area contributed by atoms with Gasteiger partial charge in [-0.05, 0) is 43.4 Å². The van der Waals surface area contributed by atoms with Crippen molar-refractivity contribution in [2.45, 2.75) is 51.9 Å². The van der Waals surface area contributed by atoms with Gasteiger partial charge in [-0.1, -0.05) is 19.8 Å². The number of carbonyl (C=O) groups excluding carboxylic acids is 1. The summed E-state index contributed by atoms with van der Waals surface area (Å²) in [5, 5.41) is 4.10. The van der Waals surface area contributed by atoms with Gasteiger partial charge in [-0.2, -0.15) is 5.10 Å². The van der Waals surface area contributed by atoms with Crippen molar-refractivity contribution >= 4 is 11.7 Å². The SMILES string of the molecule is C[C@@]12CCCC[C@@H]1C/C(=N\NC(N)=O)CC2. The summed E-state index contributed by atoms with van der Waals surface area (Å²) in [6.45, 7) is 2.41. The Morgan fingerprint density at radius 2 is 2.31 bits per heavy atom. The molecule has 0 aromatic carbocycles. The molecule has 16 heavy (non-hydrogen) atoms. The minimum absolute atomic E-state index is 0.518. The zero-order chi connectivity index (χ0) is 11.6. The Bertz CT molecular complexity index is 313. The average Bonchev–Trinajstić information content (AvgIpc) is 2.26. The number of carbonyl (C=O) groups is 1. The summed E-state index contributed by atoms with van der Waals surface area (Å²) < 4.78 is 0. The van der Waals surface area contributed by atoms with Gasteiger partial charge in [-0.25, -0.2) is 10.2 Å². The summed E-state index contributed by atoms with van der Waals surface area (Å²) in [7, 11) is 0. The normalized spacial score (nSPS) is 36.8. The van der Waals surface area contributed by atoms with Crippen LogP contribution in [0.25, 0.3) is 0 Å². The molecule has 2 atom stereocenters. The van der Waals surface area contributed by atoms with Crippen LogP contribution < -0.4 is 11.2 Å². The number of primary amides is 1. The molecule has 3 N–H and O–H groups in total. The number of hydrogen-bond donors (Lipinski definition) is 2. The van der Waals surface area contributed by atoms with E-state index in [4.69, 9.17) is 5.73 Å². The molecule has 0 aliphatic heterocycles. The summed E-state index contributed by atoms with van der Waals surface area (Å²) in [5.41, 5.74) is 8.99. The molecule has 2 amide bonds. The van der Waals surface area contributed by atoms with E-state index in [0.717, 1.165) is 24.5 Å². The van der Waals surface area contributed by atoms with Gasteiger partial charge >= 0.3 is 6.03 Å². The van der Waals surface area contributed by atoms with Crippen molar-refractivity contribution in [3.05, 3.63) is 0 Å². The van der Waals surface area contributed by atoms with E-state index in [1.165, 1.54) is 32.1 Å². The van der Waals surface area contributed by atoms with Crippen LogP contribution in [0.15, 0.2) is 5.10 Å².